The minimum Gasteiger partial charge on any atom is -0.512 e. The van der Waals surface area contributed by atoms with Crippen LogP contribution in [0.25, 0.3) is 54.7 Å². The predicted octanol–water partition coefficient (Wildman–Crippen LogP) is 10.1. The Hall–Kier alpha value is -3.79. The van der Waals surface area contributed by atoms with Crippen LogP contribution >= 0.6 is 0 Å². The maximum atomic E-state index is 10.0. The van der Waals surface area contributed by atoms with Crippen LogP contribution in [0.3, 0.4) is 0 Å². The van der Waals surface area contributed by atoms with Gasteiger partial charge in [-0.05, 0) is 95.4 Å². The molecule has 1 N–H and O–H groups in total. The number of hydrogen-bond acceptors (Lipinski definition) is 4. The molecule has 4 nitrogen and oxygen atoms in total. The zero-order valence-corrected chi connectivity index (χ0v) is 27.9. The van der Waals surface area contributed by atoms with E-state index in [-0.39, 0.29) is 42.5 Å². The number of hydrogen-bond donors (Lipinski definition) is 1. The Kier molecular flexibility index (Phi) is 8.11. The number of aromatic nitrogens is 1. The van der Waals surface area contributed by atoms with Crippen LogP contribution in [0.5, 0.6) is 0 Å². The van der Waals surface area contributed by atoms with Gasteiger partial charge in [0.1, 0.15) is 11.2 Å². The number of ketones is 1. The maximum Gasteiger partial charge on any atom is 0.155 e. The summed E-state index contributed by atoms with van der Waals surface area (Å²) in [5.41, 5.74) is 7.09. The van der Waals surface area contributed by atoms with Gasteiger partial charge in [0.15, 0.2) is 5.78 Å². The number of carbonyl (C=O) groups excluding carboxylic acids is 1. The largest absolute Gasteiger partial charge is 0.512 e. The molecule has 4 aromatic carbocycles. The smallest absolute Gasteiger partial charge is 0.155 e. The first-order valence-electron chi connectivity index (χ1n) is 14.5. The number of allylic oxidation sites excluding steroid dienone is 2. The van der Waals surface area contributed by atoms with Gasteiger partial charge in [-0.25, -0.2) is 0 Å². The van der Waals surface area contributed by atoms with Crippen LogP contribution in [-0.4, -0.2) is 15.9 Å². The average Bonchev–Trinajstić information content (AvgIpc) is 3.29. The van der Waals surface area contributed by atoms with Crippen LogP contribution in [0.2, 0.25) is 0 Å². The molecule has 221 valence electrons. The van der Waals surface area contributed by atoms with E-state index in [2.05, 4.69) is 100 Å². The summed E-state index contributed by atoms with van der Waals surface area (Å²) < 4.78 is 6.46. The SMILES string of the molecule is CC(=O)/C=C(/C)O.CC1(C)CCC(C)(C)c2cc3c(cc21)oc1cc2ccnc(-c4[c-]cc5ccccc5c4)c2cc13.[Ir]. The molecule has 5 heteroatoms. The van der Waals surface area contributed by atoms with Gasteiger partial charge in [-0.15, -0.1) is 29.1 Å². The molecule has 7 rings (SSSR count). The topological polar surface area (TPSA) is 63.3 Å². The summed E-state index contributed by atoms with van der Waals surface area (Å²) in [5.74, 6) is -0.0625. The van der Waals surface area contributed by atoms with Gasteiger partial charge in [-0.1, -0.05) is 57.3 Å². The number of nitrogens with zero attached hydrogens (tertiary/aromatic N) is 1. The molecule has 0 amide bonds. The van der Waals surface area contributed by atoms with Crippen LogP contribution in [-0.2, 0) is 35.7 Å². The summed E-state index contributed by atoms with van der Waals surface area (Å²) in [6.07, 6.45) is 5.45. The first-order valence-corrected chi connectivity index (χ1v) is 14.5. The quantitative estimate of drug-likeness (QED) is 0.109. The van der Waals surface area contributed by atoms with Gasteiger partial charge in [0, 0.05) is 43.2 Å². The third kappa shape index (κ3) is 5.77. The Labute approximate surface area is 266 Å². The Morgan fingerprint density at radius 1 is 0.837 bits per heavy atom. The number of benzene rings is 4. The molecule has 1 radical (unpaired) electrons. The molecule has 6 aromatic rings. The zero-order valence-electron chi connectivity index (χ0n) is 25.5. The summed E-state index contributed by atoms with van der Waals surface area (Å²) in [6.45, 7) is 12.3. The van der Waals surface area contributed by atoms with Crippen molar-refractivity contribution in [3.63, 3.8) is 0 Å². The molecule has 1 aliphatic carbocycles. The summed E-state index contributed by atoms with van der Waals surface area (Å²) in [6, 6.07) is 27.4. The molecule has 0 fully saturated rings. The molecule has 2 heterocycles. The van der Waals surface area contributed by atoms with Crippen LogP contribution in [0.1, 0.15) is 65.5 Å². The van der Waals surface area contributed by atoms with Crippen molar-refractivity contribution >= 4 is 49.3 Å². The summed E-state index contributed by atoms with van der Waals surface area (Å²) >= 11 is 0. The predicted molar refractivity (Wildman–Crippen MR) is 173 cm³/mol. The molecule has 1 aliphatic rings. The van der Waals surface area contributed by atoms with E-state index in [1.54, 1.807) is 0 Å². The summed E-state index contributed by atoms with van der Waals surface area (Å²) in [5, 5.41) is 15.4. The van der Waals surface area contributed by atoms with Gasteiger partial charge in [-0.2, -0.15) is 0 Å². The summed E-state index contributed by atoms with van der Waals surface area (Å²) in [4.78, 5) is 14.8. The Balaban J connectivity index is 0.000000415. The molecule has 0 saturated carbocycles. The van der Waals surface area contributed by atoms with Crippen molar-refractivity contribution in [2.45, 2.75) is 65.2 Å². The molecule has 0 atom stereocenters. The fourth-order valence-electron chi connectivity index (χ4n) is 6.27. The molecule has 43 heavy (non-hydrogen) atoms. The molecule has 2 aromatic heterocycles. The van der Waals surface area contributed by atoms with Gasteiger partial charge < -0.3 is 14.5 Å². The molecule has 0 unspecified atom stereocenters. The molecule has 0 saturated heterocycles. The summed E-state index contributed by atoms with van der Waals surface area (Å²) in [7, 11) is 0. The number of aliphatic hydroxyl groups excluding tert-OH is 1. The fourth-order valence-corrected chi connectivity index (χ4v) is 6.27. The Bertz CT molecular complexity index is 2040. The minimum atomic E-state index is -0.125. The molecule has 0 bridgehead atoms. The van der Waals surface area contributed by atoms with Crippen LogP contribution in [0.15, 0.2) is 89.2 Å². The Morgan fingerprint density at radius 3 is 2.12 bits per heavy atom. The molecule has 0 aliphatic heterocycles. The van der Waals surface area contributed by atoms with Gasteiger partial charge in [0.2, 0.25) is 0 Å². The molecule has 0 spiro atoms. The second-order valence-corrected chi connectivity index (χ2v) is 12.9. The van der Waals surface area contributed by atoms with Crippen LogP contribution in [0.4, 0.5) is 0 Å². The van der Waals surface area contributed by atoms with Crippen molar-refractivity contribution < 1.29 is 34.4 Å². The van der Waals surface area contributed by atoms with Gasteiger partial charge >= 0.3 is 0 Å². The van der Waals surface area contributed by atoms with Crippen LogP contribution < -0.4 is 0 Å². The van der Waals surface area contributed by atoms with Crippen molar-refractivity contribution in [1.29, 1.82) is 0 Å². The van der Waals surface area contributed by atoms with Gasteiger partial charge in [0.25, 0.3) is 0 Å². The fraction of sp³-hybridized carbons (Fsp3) is 0.263. The van der Waals surface area contributed by atoms with E-state index in [0.29, 0.717) is 0 Å². The van der Waals surface area contributed by atoms with E-state index in [9.17, 15) is 4.79 Å². The van der Waals surface area contributed by atoms with Crippen LogP contribution in [0, 0.1) is 6.07 Å². The van der Waals surface area contributed by atoms with Crippen molar-refractivity contribution in [3.05, 3.63) is 102 Å². The number of carbonyl (C=O) groups is 1. The standard InChI is InChI=1S/C33H28NO.C5H8O2.Ir/c1-32(2)12-13-33(3,4)28-19-30-26(18-27(28)32)25-17-24-22(16-29(25)35-30)11-14-34-31(24)23-10-9-20-7-5-6-8-21(20)15-23;1-4(6)3-5(2)7;/h5-9,11,14-19H,12-13H2,1-4H3;3,6H,1-2H3;/q-1;;/b;4-3-;. The van der Waals surface area contributed by atoms with Crippen molar-refractivity contribution in [2.24, 2.45) is 0 Å². The minimum absolute atomic E-state index is 0. The van der Waals surface area contributed by atoms with Crippen molar-refractivity contribution in [1.82, 2.24) is 4.98 Å². The van der Waals surface area contributed by atoms with E-state index in [0.717, 1.165) is 38.6 Å². The third-order valence-corrected chi connectivity index (χ3v) is 8.67. The van der Waals surface area contributed by atoms with E-state index < -0.39 is 0 Å². The number of furan rings is 1. The van der Waals surface area contributed by atoms with Crippen molar-refractivity contribution in [3.8, 4) is 11.3 Å². The van der Waals surface area contributed by atoms with Crippen molar-refractivity contribution in [2.75, 3.05) is 0 Å². The number of pyridine rings is 1. The normalized spacial score (nSPS) is 15.5. The third-order valence-electron chi connectivity index (χ3n) is 8.67. The van der Waals surface area contributed by atoms with E-state index in [1.165, 1.54) is 60.1 Å². The van der Waals surface area contributed by atoms with Gasteiger partial charge in [-0.3, -0.25) is 4.79 Å². The second-order valence-electron chi connectivity index (χ2n) is 12.9. The number of rotatable bonds is 2. The number of fused-ring (bicyclic) bond motifs is 6. The van der Waals surface area contributed by atoms with E-state index in [1.807, 2.05) is 6.20 Å². The second kappa shape index (κ2) is 11.4. The molecular weight excluding hydrogens is 711 g/mol. The first-order chi connectivity index (χ1) is 19.9. The van der Waals surface area contributed by atoms with E-state index >= 15 is 0 Å². The first kappa shape index (κ1) is 30.7. The average molecular weight is 747 g/mol. The monoisotopic (exact) mass is 747 g/mol. The Morgan fingerprint density at radius 2 is 1.47 bits per heavy atom. The maximum absolute atomic E-state index is 10.0. The zero-order chi connectivity index (χ0) is 29.8. The molecular formula is C38H36IrNO3-. The van der Waals surface area contributed by atoms with E-state index in [4.69, 9.17) is 14.5 Å². The number of aliphatic hydroxyl groups is 1. The van der Waals surface area contributed by atoms with Gasteiger partial charge in [0.05, 0.1) is 5.76 Å².